The Morgan fingerprint density at radius 1 is 1.32 bits per heavy atom. The molecule has 2 unspecified atom stereocenters. The lowest BCUT2D eigenvalue weighted by molar-refractivity contribution is 0.141. The lowest BCUT2D eigenvalue weighted by Gasteiger charge is -2.38. The third kappa shape index (κ3) is 3.95. The van der Waals surface area contributed by atoms with Crippen LogP contribution in [-0.2, 0) is 6.42 Å². The van der Waals surface area contributed by atoms with Gasteiger partial charge < -0.3 is 10.1 Å². The molecule has 0 saturated carbocycles. The van der Waals surface area contributed by atoms with Gasteiger partial charge >= 0.3 is 0 Å². The van der Waals surface area contributed by atoms with Gasteiger partial charge in [-0.05, 0) is 37.5 Å². The standard InChI is InChI=1S/C16H26N2O/c1-4-15-12-18(13(2)11-17-15)10-9-14-5-7-16(19-3)8-6-14/h5-8,13,15,17H,4,9-12H2,1-3H3. The largest absolute Gasteiger partial charge is 0.497 e. The van der Waals surface area contributed by atoms with Crippen LogP contribution in [0.25, 0.3) is 0 Å². The number of benzene rings is 1. The van der Waals surface area contributed by atoms with Crippen LogP contribution in [0.15, 0.2) is 24.3 Å². The van der Waals surface area contributed by atoms with E-state index in [1.54, 1.807) is 7.11 Å². The molecular weight excluding hydrogens is 236 g/mol. The minimum absolute atomic E-state index is 0.640. The van der Waals surface area contributed by atoms with Crippen LogP contribution in [0.4, 0.5) is 0 Å². The van der Waals surface area contributed by atoms with Gasteiger partial charge in [0.1, 0.15) is 5.75 Å². The van der Waals surface area contributed by atoms with Crippen LogP contribution >= 0.6 is 0 Å². The van der Waals surface area contributed by atoms with Crippen molar-refractivity contribution in [3.63, 3.8) is 0 Å². The van der Waals surface area contributed by atoms with Crippen molar-refractivity contribution < 1.29 is 4.74 Å². The Kier molecular flexibility index (Phi) is 5.23. The Morgan fingerprint density at radius 2 is 2.05 bits per heavy atom. The molecule has 0 radical (unpaired) electrons. The van der Waals surface area contributed by atoms with Crippen LogP contribution in [-0.4, -0.2) is 43.7 Å². The van der Waals surface area contributed by atoms with Crippen LogP contribution in [0.3, 0.4) is 0 Å². The summed E-state index contributed by atoms with van der Waals surface area (Å²) < 4.78 is 5.19. The molecule has 3 heteroatoms. The van der Waals surface area contributed by atoms with Gasteiger partial charge in [0.2, 0.25) is 0 Å². The molecule has 0 aromatic heterocycles. The van der Waals surface area contributed by atoms with E-state index in [0.717, 1.165) is 25.3 Å². The van der Waals surface area contributed by atoms with E-state index in [1.165, 1.54) is 18.5 Å². The maximum absolute atomic E-state index is 5.19. The molecule has 1 aromatic rings. The van der Waals surface area contributed by atoms with Gasteiger partial charge in [-0.1, -0.05) is 19.1 Å². The van der Waals surface area contributed by atoms with Crippen molar-refractivity contribution in [1.82, 2.24) is 10.2 Å². The van der Waals surface area contributed by atoms with Crippen LogP contribution < -0.4 is 10.1 Å². The topological polar surface area (TPSA) is 24.5 Å². The summed E-state index contributed by atoms with van der Waals surface area (Å²) in [6, 6.07) is 9.73. The molecule has 106 valence electrons. The Labute approximate surface area is 116 Å². The maximum atomic E-state index is 5.19. The van der Waals surface area contributed by atoms with E-state index in [-0.39, 0.29) is 0 Å². The molecule has 3 nitrogen and oxygen atoms in total. The smallest absolute Gasteiger partial charge is 0.118 e. The molecule has 0 amide bonds. The second-order valence-electron chi connectivity index (χ2n) is 5.46. The summed E-state index contributed by atoms with van der Waals surface area (Å²) in [5.41, 5.74) is 1.39. The van der Waals surface area contributed by atoms with E-state index >= 15 is 0 Å². The molecule has 0 spiro atoms. The summed E-state index contributed by atoms with van der Waals surface area (Å²) in [5.74, 6) is 0.935. The lowest BCUT2D eigenvalue weighted by atomic mass is 10.1. The number of rotatable bonds is 5. The van der Waals surface area contributed by atoms with E-state index in [2.05, 4.69) is 36.2 Å². The van der Waals surface area contributed by atoms with Crippen molar-refractivity contribution in [3.8, 4) is 5.75 Å². The average Bonchev–Trinajstić information content (AvgIpc) is 2.47. The fourth-order valence-electron chi connectivity index (χ4n) is 2.64. The van der Waals surface area contributed by atoms with Gasteiger partial charge in [-0.3, -0.25) is 4.90 Å². The quantitative estimate of drug-likeness (QED) is 0.881. The van der Waals surface area contributed by atoms with Crippen LogP contribution in [0.1, 0.15) is 25.8 Å². The summed E-state index contributed by atoms with van der Waals surface area (Å²) >= 11 is 0. The molecule has 2 atom stereocenters. The fraction of sp³-hybridized carbons (Fsp3) is 0.625. The summed E-state index contributed by atoms with van der Waals surface area (Å²) in [6.45, 7) is 8.00. The Balaban J connectivity index is 1.85. The SMILES string of the molecule is CCC1CN(CCc2ccc(OC)cc2)C(C)CN1. The highest BCUT2D eigenvalue weighted by Gasteiger charge is 2.23. The molecule has 1 heterocycles. The molecule has 1 saturated heterocycles. The van der Waals surface area contributed by atoms with E-state index in [1.807, 2.05) is 12.1 Å². The predicted molar refractivity (Wildman–Crippen MR) is 79.8 cm³/mol. The van der Waals surface area contributed by atoms with Crippen LogP contribution in [0.5, 0.6) is 5.75 Å². The lowest BCUT2D eigenvalue weighted by Crippen LogP contribution is -2.55. The van der Waals surface area contributed by atoms with Gasteiger partial charge in [-0.15, -0.1) is 0 Å². The van der Waals surface area contributed by atoms with Gasteiger partial charge in [-0.25, -0.2) is 0 Å². The fourth-order valence-corrected chi connectivity index (χ4v) is 2.64. The predicted octanol–water partition coefficient (Wildman–Crippen LogP) is 2.31. The zero-order valence-corrected chi connectivity index (χ0v) is 12.4. The minimum atomic E-state index is 0.640. The zero-order chi connectivity index (χ0) is 13.7. The summed E-state index contributed by atoms with van der Waals surface area (Å²) in [4.78, 5) is 2.61. The monoisotopic (exact) mass is 262 g/mol. The number of nitrogens with one attached hydrogen (secondary N) is 1. The number of hydrogen-bond donors (Lipinski definition) is 1. The Hall–Kier alpha value is -1.06. The molecule has 19 heavy (non-hydrogen) atoms. The van der Waals surface area contributed by atoms with Gasteiger partial charge in [0.25, 0.3) is 0 Å². The average molecular weight is 262 g/mol. The Bertz CT molecular complexity index is 377. The molecule has 1 aromatic carbocycles. The first kappa shape index (κ1) is 14.4. The highest BCUT2D eigenvalue weighted by molar-refractivity contribution is 5.27. The van der Waals surface area contributed by atoms with Crippen molar-refractivity contribution in [1.29, 1.82) is 0 Å². The Morgan fingerprint density at radius 3 is 2.68 bits per heavy atom. The van der Waals surface area contributed by atoms with Gasteiger partial charge in [-0.2, -0.15) is 0 Å². The van der Waals surface area contributed by atoms with Crippen LogP contribution in [0.2, 0.25) is 0 Å². The van der Waals surface area contributed by atoms with E-state index in [4.69, 9.17) is 4.74 Å². The number of methoxy groups -OCH3 is 1. The van der Waals surface area contributed by atoms with Crippen molar-refractivity contribution in [2.24, 2.45) is 0 Å². The van der Waals surface area contributed by atoms with E-state index in [0.29, 0.717) is 12.1 Å². The summed E-state index contributed by atoms with van der Waals surface area (Å²) in [7, 11) is 1.71. The number of piperazine rings is 1. The van der Waals surface area contributed by atoms with Crippen molar-refractivity contribution >= 4 is 0 Å². The van der Waals surface area contributed by atoms with Gasteiger partial charge in [0, 0.05) is 31.7 Å². The number of nitrogens with zero attached hydrogens (tertiary/aromatic N) is 1. The van der Waals surface area contributed by atoms with E-state index in [9.17, 15) is 0 Å². The molecule has 0 bridgehead atoms. The molecule has 1 aliphatic heterocycles. The van der Waals surface area contributed by atoms with Crippen LogP contribution in [0, 0.1) is 0 Å². The van der Waals surface area contributed by atoms with Crippen molar-refractivity contribution in [3.05, 3.63) is 29.8 Å². The first-order valence-electron chi connectivity index (χ1n) is 7.33. The first-order valence-corrected chi connectivity index (χ1v) is 7.33. The summed E-state index contributed by atoms with van der Waals surface area (Å²) in [6.07, 6.45) is 2.33. The summed E-state index contributed by atoms with van der Waals surface area (Å²) in [5, 5.41) is 3.60. The van der Waals surface area contributed by atoms with Gasteiger partial charge in [0.15, 0.2) is 0 Å². The molecule has 0 aliphatic carbocycles. The second kappa shape index (κ2) is 6.92. The highest BCUT2D eigenvalue weighted by Crippen LogP contribution is 2.14. The molecule has 2 rings (SSSR count). The third-order valence-corrected chi connectivity index (χ3v) is 4.12. The minimum Gasteiger partial charge on any atom is -0.497 e. The normalized spacial score (nSPS) is 24.4. The van der Waals surface area contributed by atoms with Gasteiger partial charge in [0.05, 0.1) is 7.11 Å². The van der Waals surface area contributed by atoms with Crippen molar-refractivity contribution in [2.45, 2.75) is 38.8 Å². The number of ether oxygens (including phenoxy) is 1. The maximum Gasteiger partial charge on any atom is 0.118 e. The number of hydrogen-bond acceptors (Lipinski definition) is 3. The molecular formula is C16H26N2O. The highest BCUT2D eigenvalue weighted by atomic mass is 16.5. The van der Waals surface area contributed by atoms with Crippen molar-refractivity contribution in [2.75, 3.05) is 26.7 Å². The third-order valence-electron chi connectivity index (χ3n) is 4.12. The molecule has 1 fully saturated rings. The van der Waals surface area contributed by atoms with E-state index < -0.39 is 0 Å². The zero-order valence-electron chi connectivity index (χ0n) is 12.4. The second-order valence-corrected chi connectivity index (χ2v) is 5.46. The molecule has 1 N–H and O–H groups in total. The molecule has 1 aliphatic rings. The first-order chi connectivity index (χ1) is 9.22.